The molecule has 96 valence electrons. The fourth-order valence-corrected chi connectivity index (χ4v) is 2.69. The molecule has 1 aromatic carbocycles. The lowest BCUT2D eigenvalue weighted by Gasteiger charge is -2.00. The second-order valence-electron chi connectivity index (χ2n) is 4.53. The molecule has 0 amide bonds. The molecule has 1 aromatic heterocycles. The van der Waals surface area contributed by atoms with Gasteiger partial charge in [-0.3, -0.25) is 0 Å². The molecule has 2 rings (SSSR count). The molecule has 2 nitrogen and oxygen atoms in total. The van der Waals surface area contributed by atoms with Crippen LogP contribution in [-0.4, -0.2) is 11.5 Å². The molecule has 0 unspecified atom stereocenters. The first-order valence-electron chi connectivity index (χ1n) is 6.52. The van der Waals surface area contributed by atoms with Crippen LogP contribution in [-0.2, 0) is 6.54 Å². The molecule has 18 heavy (non-hydrogen) atoms. The van der Waals surface area contributed by atoms with E-state index >= 15 is 0 Å². The van der Waals surface area contributed by atoms with Crippen LogP contribution in [0.3, 0.4) is 0 Å². The number of thiazole rings is 1. The molecular weight excluding hydrogens is 240 g/mol. The molecule has 0 spiro atoms. The maximum Gasteiger partial charge on any atom is 0.123 e. The van der Waals surface area contributed by atoms with Crippen LogP contribution in [0.5, 0.6) is 0 Å². The summed E-state index contributed by atoms with van der Waals surface area (Å²) in [6.07, 6.45) is 4.47. The molecule has 0 atom stereocenters. The molecule has 2 aromatic rings. The second kappa shape index (κ2) is 6.66. The fourth-order valence-electron chi connectivity index (χ4n) is 1.81. The van der Waals surface area contributed by atoms with Crippen LogP contribution in [0.1, 0.15) is 30.2 Å². The van der Waals surface area contributed by atoms with Gasteiger partial charge in [0.2, 0.25) is 0 Å². The third kappa shape index (κ3) is 3.65. The molecule has 0 saturated heterocycles. The Morgan fingerprint density at radius 2 is 2.22 bits per heavy atom. The van der Waals surface area contributed by atoms with E-state index in [0.29, 0.717) is 0 Å². The third-order valence-electron chi connectivity index (χ3n) is 2.82. The van der Waals surface area contributed by atoms with Gasteiger partial charge in [-0.25, -0.2) is 4.98 Å². The van der Waals surface area contributed by atoms with Crippen molar-refractivity contribution in [2.24, 2.45) is 0 Å². The summed E-state index contributed by atoms with van der Waals surface area (Å²) in [4.78, 5) is 5.81. The molecule has 0 aliphatic rings. The van der Waals surface area contributed by atoms with Gasteiger partial charge < -0.3 is 5.32 Å². The number of aromatic nitrogens is 1. The number of hydrogen-bond donors (Lipinski definition) is 1. The summed E-state index contributed by atoms with van der Waals surface area (Å²) in [5.41, 5.74) is 2.50. The van der Waals surface area contributed by atoms with Crippen molar-refractivity contribution in [3.63, 3.8) is 0 Å². The van der Waals surface area contributed by atoms with Crippen LogP contribution < -0.4 is 5.32 Å². The topological polar surface area (TPSA) is 24.9 Å². The number of nitrogens with zero attached hydrogens (tertiary/aromatic N) is 1. The third-order valence-corrected chi connectivity index (χ3v) is 3.87. The molecule has 0 fully saturated rings. The maximum absolute atomic E-state index is 4.50. The number of rotatable bonds is 6. The minimum absolute atomic E-state index is 0.934. The van der Waals surface area contributed by atoms with Crippen LogP contribution in [0.15, 0.2) is 30.5 Å². The van der Waals surface area contributed by atoms with E-state index < -0.39 is 0 Å². The molecule has 0 saturated carbocycles. The van der Waals surface area contributed by atoms with Gasteiger partial charge in [0.1, 0.15) is 5.01 Å². The maximum atomic E-state index is 4.50. The first-order valence-corrected chi connectivity index (χ1v) is 7.33. The minimum Gasteiger partial charge on any atom is -0.312 e. The smallest absolute Gasteiger partial charge is 0.123 e. The molecule has 0 radical (unpaired) electrons. The predicted molar refractivity (Wildman–Crippen MR) is 78.9 cm³/mol. The van der Waals surface area contributed by atoms with E-state index in [-0.39, 0.29) is 0 Å². The molecule has 0 aliphatic heterocycles. The van der Waals surface area contributed by atoms with Crippen molar-refractivity contribution in [1.29, 1.82) is 0 Å². The Balaban J connectivity index is 1.97. The predicted octanol–water partition coefficient (Wildman–Crippen LogP) is 4.01. The molecule has 3 heteroatoms. The number of nitrogens with one attached hydrogen (secondary N) is 1. The van der Waals surface area contributed by atoms with Gasteiger partial charge in [0, 0.05) is 23.2 Å². The Kier molecular flexibility index (Phi) is 4.90. The average Bonchev–Trinajstić information content (AvgIpc) is 2.83. The van der Waals surface area contributed by atoms with Gasteiger partial charge in [-0.1, -0.05) is 37.1 Å². The standard InChI is InChI=1S/C15H20N2S/c1-3-4-8-16-10-14-11-17-15(18-14)13-7-5-6-12(2)9-13/h5-7,9,11,16H,3-4,8,10H2,1-2H3. The number of unbranched alkanes of at least 4 members (excludes halogenated alkanes) is 1. The van der Waals surface area contributed by atoms with Crippen molar-refractivity contribution >= 4 is 11.3 Å². The monoisotopic (exact) mass is 260 g/mol. The van der Waals surface area contributed by atoms with Crippen LogP contribution in [0, 0.1) is 6.92 Å². The Morgan fingerprint density at radius 3 is 3.00 bits per heavy atom. The average molecular weight is 260 g/mol. The van der Waals surface area contributed by atoms with Crippen molar-refractivity contribution in [2.45, 2.75) is 33.2 Å². The van der Waals surface area contributed by atoms with E-state index in [2.05, 4.69) is 48.4 Å². The number of hydrogen-bond acceptors (Lipinski definition) is 3. The van der Waals surface area contributed by atoms with Gasteiger partial charge in [-0.2, -0.15) is 0 Å². The van der Waals surface area contributed by atoms with E-state index in [4.69, 9.17) is 0 Å². The lowest BCUT2D eigenvalue weighted by molar-refractivity contribution is 0.645. The summed E-state index contributed by atoms with van der Waals surface area (Å²) in [6.45, 7) is 6.35. The molecule has 0 bridgehead atoms. The lowest BCUT2D eigenvalue weighted by atomic mass is 10.1. The van der Waals surface area contributed by atoms with Gasteiger partial charge in [-0.05, 0) is 26.0 Å². The Bertz CT molecular complexity index is 491. The highest BCUT2D eigenvalue weighted by molar-refractivity contribution is 7.15. The van der Waals surface area contributed by atoms with Crippen LogP contribution in [0.2, 0.25) is 0 Å². The number of benzene rings is 1. The van der Waals surface area contributed by atoms with Crippen molar-refractivity contribution in [3.05, 3.63) is 40.9 Å². The van der Waals surface area contributed by atoms with Crippen molar-refractivity contribution < 1.29 is 0 Å². The van der Waals surface area contributed by atoms with Gasteiger partial charge >= 0.3 is 0 Å². The van der Waals surface area contributed by atoms with Crippen LogP contribution in [0.4, 0.5) is 0 Å². The fraction of sp³-hybridized carbons (Fsp3) is 0.400. The zero-order valence-corrected chi connectivity index (χ0v) is 11.9. The van der Waals surface area contributed by atoms with Gasteiger partial charge in [0.25, 0.3) is 0 Å². The zero-order chi connectivity index (χ0) is 12.8. The minimum atomic E-state index is 0.934. The Hall–Kier alpha value is -1.19. The molecule has 1 heterocycles. The van der Waals surface area contributed by atoms with Crippen molar-refractivity contribution in [2.75, 3.05) is 6.54 Å². The highest BCUT2D eigenvalue weighted by Gasteiger charge is 2.04. The quantitative estimate of drug-likeness (QED) is 0.794. The second-order valence-corrected chi connectivity index (χ2v) is 5.65. The van der Waals surface area contributed by atoms with Crippen molar-refractivity contribution in [1.82, 2.24) is 10.3 Å². The van der Waals surface area contributed by atoms with Gasteiger partial charge in [-0.15, -0.1) is 11.3 Å². The van der Waals surface area contributed by atoms with E-state index in [1.807, 2.05) is 6.20 Å². The molecule has 0 aliphatic carbocycles. The van der Waals surface area contributed by atoms with Crippen LogP contribution >= 0.6 is 11.3 Å². The van der Waals surface area contributed by atoms with Crippen molar-refractivity contribution in [3.8, 4) is 10.6 Å². The van der Waals surface area contributed by atoms with Gasteiger partial charge in [0.05, 0.1) is 0 Å². The number of aryl methyl sites for hydroxylation is 1. The zero-order valence-electron chi connectivity index (χ0n) is 11.1. The highest BCUT2D eigenvalue weighted by Crippen LogP contribution is 2.25. The van der Waals surface area contributed by atoms with Gasteiger partial charge in [0.15, 0.2) is 0 Å². The summed E-state index contributed by atoms with van der Waals surface area (Å²) in [7, 11) is 0. The summed E-state index contributed by atoms with van der Waals surface area (Å²) < 4.78 is 0. The Labute approximate surface area is 113 Å². The summed E-state index contributed by atoms with van der Waals surface area (Å²) >= 11 is 1.78. The van der Waals surface area contributed by atoms with Crippen LogP contribution in [0.25, 0.3) is 10.6 Å². The highest BCUT2D eigenvalue weighted by atomic mass is 32.1. The van der Waals surface area contributed by atoms with E-state index in [0.717, 1.165) is 18.1 Å². The largest absolute Gasteiger partial charge is 0.312 e. The lowest BCUT2D eigenvalue weighted by Crippen LogP contribution is -2.13. The summed E-state index contributed by atoms with van der Waals surface area (Å²) in [5, 5.41) is 4.57. The van der Waals surface area contributed by atoms with E-state index in [1.54, 1.807) is 11.3 Å². The van der Waals surface area contributed by atoms with E-state index in [1.165, 1.54) is 28.8 Å². The summed E-state index contributed by atoms with van der Waals surface area (Å²) in [5.74, 6) is 0. The summed E-state index contributed by atoms with van der Waals surface area (Å²) in [6, 6.07) is 8.52. The normalized spacial score (nSPS) is 10.8. The molecule has 1 N–H and O–H groups in total. The first-order chi connectivity index (χ1) is 8.79. The van der Waals surface area contributed by atoms with E-state index in [9.17, 15) is 0 Å². The molecular formula is C15H20N2S. The SMILES string of the molecule is CCCCNCc1cnc(-c2cccc(C)c2)s1. The Morgan fingerprint density at radius 1 is 1.33 bits per heavy atom. The first kappa shape index (κ1) is 13.2.